The van der Waals surface area contributed by atoms with Gasteiger partial charge < -0.3 is 20.3 Å². The first kappa shape index (κ1) is 18.4. The van der Waals surface area contributed by atoms with E-state index < -0.39 is 18.0 Å². The minimum atomic E-state index is -1.18. The van der Waals surface area contributed by atoms with Gasteiger partial charge in [-0.3, -0.25) is 4.79 Å². The van der Waals surface area contributed by atoms with Gasteiger partial charge in [-0.1, -0.05) is 42.5 Å². The van der Waals surface area contributed by atoms with Crippen molar-refractivity contribution in [2.45, 2.75) is 6.10 Å². The van der Waals surface area contributed by atoms with Crippen LogP contribution in [0.15, 0.2) is 66.7 Å². The fourth-order valence-corrected chi connectivity index (χ4v) is 2.68. The lowest BCUT2D eigenvalue weighted by Gasteiger charge is -2.14. The molecular formula is C21H19NO5. The number of carbonyl (C=O) groups is 2. The average Bonchev–Trinajstić information content (AvgIpc) is 2.70. The average molecular weight is 365 g/mol. The Labute approximate surface area is 156 Å². The molecule has 0 heterocycles. The van der Waals surface area contributed by atoms with Crippen LogP contribution < -0.4 is 10.1 Å². The Balaban J connectivity index is 1.54. The number of carboxylic acids is 1. The van der Waals surface area contributed by atoms with Gasteiger partial charge in [-0.2, -0.15) is 0 Å². The van der Waals surface area contributed by atoms with Crippen LogP contribution in [0.1, 0.15) is 20.7 Å². The highest BCUT2D eigenvalue weighted by molar-refractivity contribution is 6.04. The molecule has 0 aliphatic rings. The molecule has 1 atom stereocenters. The van der Waals surface area contributed by atoms with E-state index in [2.05, 4.69) is 5.32 Å². The van der Waals surface area contributed by atoms with Crippen molar-refractivity contribution >= 4 is 22.6 Å². The number of benzene rings is 3. The molecule has 0 bridgehead atoms. The van der Waals surface area contributed by atoms with E-state index in [9.17, 15) is 14.7 Å². The predicted octanol–water partition coefficient (Wildman–Crippen LogP) is 2.71. The minimum Gasteiger partial charge on any atom is -0.491 e. The van der Waals surface area contributed by atoms with Crippen LogP contribution in [0.3, 0.4) is 0 Å². The molecule has 3 N–H and O–H groups in total. The number of hydrogen-bond donors (Lipinski definition) is 3. The summed E-state index contributed by atoms with van der Waals surface area (Å²) in [6.07, 6.45) is -0.933. The maximum atomic E-state index is 12.2. The molecule has 27 heavy (non-hydrogen) atoms. The largest absolute Gasteiger partial charge is 0.491 e. The van der Waals surface area contributed by atoms with Crippen molar-refractivity contribution in [3.63, 3.8) is 0 Å². The Hall–Kier alpha value is -3.38. The lowest BCUT2D eigenvalue weighted by molar-refractivity contribution is 0.0689. The number of fused-ring (bicyclic) bond motifs is 1. The highest BCUT2D eigenvalue weighted by Gasteiger charge is 2.16. The van der Waals surface area contributed by atoms with E-state index in [1.54, 1.807) is 12.1 Å². The summed E-state index contributed by atoms with van der Waals surface area (Å²) in [5.41, 5.74) is -0.0375. The third-order valence-corrected chi connectivity index (χ3v) is 4.06. The molecule has 0 saturated carbocycles. The Bertz CT molecular complexity index is 969. The van der Waals surface area contributed by atoms with Crippen LogP contribution in [-0.2, 0) is 0 Å². The monoisotopic (exact) mass is 365 g/mol. The zero-order valence-corrected chi connectivity index (χ0v) is 14.5. The second-order valence-corrected chi connectivity index (χ2v) is 6.03. The molecule has 0 unspecified atom stereocenters. The molecule has 6 nitrogen and oxygen atoms in total. The molecule has 0 aromatic heterocycles. The second kappa shape index (κ2) is 8.33. The number of hydrogen-bond acceptors (Lipinski definition) is 4. The van der Waals surface area contributed by atoms with Gasteiger partial charge in [0.25, 0.3) is 5.91 Å². The number of rotatable bonds is 7. The SMILES string of the molecule is O=C(O)c1ccccc1C(=O)NC[C@H](O)COc1ccc2ccccc2c1. The third-order valence-electron chi connectivity index (χ3n) is 4.06. The Kier molecular flexibility index (Phi) is 5.68. The van der Waals surface area contributed by atoms with Gasteiger partial charge in [0, 0.05) is 6.54 Å². The molecule has 3 aromatic rings. The van der Waals surface area contributed by atoms with Crippen LogP contribution in [-0.4, -0.2) is 41.3 Å². The molecule has 0 radical (unpaired) electrons. The number of ether oxygens (including phenoxy) is 1. The van der Waals surface area contributed by atoms with Crippen LogP contribution in [0, 0.1) is 0 Å². The molecule has 0 saturated heterocycles. The number of nitrogens with one attached hydrogen (secondary N) is 1. The number of aliphatic hydroxyl groups excluding tert-OH is 1. The molecule has 0 spiro atoms. The second-order valence-electron chi connectivity index (χ2n) is 6.03. The summed E-state index contributed by atoms with van der Waals surface area (Å²) in [6.45, 7) is -0.0560. The molecular weight excluding hydrogens is 346 g/mol. The van der Waals surface area contributed by atoms with Gasteiger partial charge in [-0.15, -0.1) is 0 Å². The van der Waals surface area contributed by atoms with Gasteiger partial charge in [-0.05, 0) is 35.0 Å². The fourth-order valence-electron chi connectivity index (χ4n) is 2.68. The number of aromatic carboxylic acids is 1. The van der Waals surface area contributed by atoms with E-state index >= 15 is 0 Å². The van der Waals surface area contributed by atoms with E-state index in [1.165, 1.54) is 12.1 Å². The lowest BCUT2D eigenvalue weighted by Crippen LogP contribution is -2.35. The third kappa shape index (κ3) is 4.62. The van der Waals surface area contributed by atoms with Gasteiger partial charge >= 0.3 is 5.97 Å². The summed E-state index contributed by atoms with van der Waals surface area (Å²) in [4.78, 5) is 23.3. The number of carboxylic acid groups (broad SMARTS) is 1. The molecule has 3 aromatic carbocycles. The summed E-state index contributed by atoms with van der Waals surface area (Å²) >= 11 is 0. The van der Waals surface area contributed by atoms with Gasteiger partial charge in [0.1, 0.15) is 18.5 Å². The summed E-state index contributed by atoms with van der Waals surface area (Å²) in [5.74, 6) is -1.12. The van der Waals surface area contributed by atoms with E-state index in [1.807, 2.05) is 42.5 Å². The molecule has 3 rings (SSSR count). The summed E-state index contributed by atoms with van der Waals surface area (Å²) in [6, 6.07) is 19.4. The first-order chi connectivity index (χ1) is 13.0. The van der Waals surface area contributed by atoms with Crippen LogP contribution in [0.5, 0.6) is 5.75 Å². The van der Waals surface area contributed by atoms with Crippen LogP contribution in [0.4, 0.5) is 0 Å². The van der Waals surface area contributed by atoms with Crippen molar-refractivity contribution < 1.29 is 24.5 Å². The maximum Gasteiger partial charge on any atom is 0.336 e. The van der Waals surface area contributed by atoms with E-state index in [0.29, 0.717) is 5.75 Å². The summed E-state index contributed by atoms with van der Waals surface area (Å²) in [7, 11) is 0. The predicted molar refractivity (Wildman–Crippen MR) is 101 cm³/mol. The van der Waals surface area contributed by atoms with Crippen molar-refractivity contribution in [1.82, 2.24) is 5.32 Å². The quantitative estimate of drug-likeness (QED) is 0.598. The zero-order valence-electron chi connectivity index (χ0n) is 14.5. The topological polar surface area (TPSA) is 95.9 Å². The molecule has 0 fully saturated rings. The number of aliphatic hydroxyl groups is 1. The van der Waals surface area contributed by atoms with E-state index in [4.69, 9.17) is 9.84 Å². The van der Waals surface area contributed by atoms with Crippen molar-refractivity contribution in [3.8, 4) is 5.75 Å². The Morgan fingerprint density at radius 1 is 0.926 bits per heavy atom. The summed E-state index contributed by atoms with van der Waals surface area (Å²) in [5, 5.41) is 23.8. The van der Waals surface area contributed by atoms with Crippen LogP contribution in [0.25, 0.3) is 10.8 Å². The van der Waals surface area contributed by atoms with Crippen molar-refractivity contribution in [3.05, 3.63) is 77.9 Å². The smallest absolute Gasteiger partial charge is 0.336 e. The lowest BCUT2D eigenvalue weighted by atomic mass is 10.1. The highest BCUT2D eigenvalue weighted by Crippen LogP contribution is 2.20. The number of amides is 1. The van der Waals surface area contributed by atoms with E-state index in [0.717, 1.165) is 10.8 Å². The fraction of sp³-hybridized carbons (Fsp3) is 0.143. The normalized spacial score (nSPS) is 11.7. The van der Waals surface area contributed by atoms with Gasteiger partial charge in [0.05, 0.1) is 11.1 Å². The molecule has 138 valence electrons. The van der Waals surface area contributed by atoms with Crippen molar-refractivity contribution in [2.24, 2.45) is 0 Å². The van der Waals surface area contributed by atoms with Gasteiger partial charge in [0.2, 0.25) is 0 Å². The molecule has 0 aliphatic heterocycles. The molecule has 0 aliphatic carbocycles. The molecule has 6 heteroatoms. The van der Waals surface area contributed by atoms with Gasteiger partial charge in [0.15, 0.2) is 0 Å². The maximum absolute atomic E-state index is 12.2. The zero-order chi connectivity index (χ0) is 19.2. The van der Waals surface area contributed by atoms with Crippen LogP contribution in [0.2, 0.25) is 0 Å². The van der Waals surface area contributed by atoms with Gasteiger partial charge in [-0.25, -0.2) is 4.79 Å². The highest BCUT2D eigenvalue weighted by atomic mass is 16.5. The Morgan fingerprint density at radius 3 is 2.33 bits per heavy atom. The first-order valence-corrected chi connectivity index (χ1v) is 8.45. The first-order valence-electron chi connectivity index (χ1n) is 8.45. The van der Waals surface area contributed by atoms with E-state index in [-0.39, 0.29) is 24.3 Å². The standard InChI is InChI=1S/C21H19NO5/c23-16(12-22-20(24)18-7-3-4-8-19(18)21(25)26)13-27-17-10-9-14-5-1-2-6-15(14)11-17/h1-11,16,23H,12-13H2,(H,22,24)(H,25,26)/t16-/m0/s1. The molecule has 1 amide bonds. The van der Waals surface area contributed by atoms with Crippen molar-refractivity contribution in [2.75, 3.05) is 13.2 Å². The number of carbonyl (C=O) groups excluding carboxylic acids is 1. The van der Waals surface area contributed by atoms with Crippen LogP contribution >= 0.6 is 0 Å². The van der Waals surface area contributed by atoms with Crippen molar-refractivity contribution in [1.29, 1.82) is 0 Å². The Morgan fingerprint density at radius 2 is 1.59 bits per heavy atom. The summed E-state index contributed by atoms with van der Waals surface area (Å²) < 4.78 is 5.58. The minimum absolute atomic E-state index is 0.000796.